The van der Waals surface area contributed by atoms with Gasteiger partial charge in [-0.05, 0) is 74.4 Å². The lowest BCUT2D eigenvalue weighted by molar-refractivity contribution is 0.172. The molecule has 10 heteroatoms. The second-order valence-corrected chi connectivity index (χ2v) is 10.2. The number of anilines is 1. The van der Waals surface area contributed by atoms with Crippen molar-refractivity contribution in [2.75, 3.05) is 12.3 Å². The number of nitrogens with zero attached hydrogens (tertiary/aromatic N) is 3. The highest BCUT2D eigenvalue weighted by Gasteiger charge is 2.28. The highest BCUT2D eigenvalue weighted by Crippen LogP contribution is 2.30. The van der Waals surface area contributed by atoms with Crippen LogP contribution in [0.25, 0.3) is 16.9 Å². The molecule has 0 fully saturated rings. The Labute approximate surface area is 208 Å². The van der Waals surface area contributed by atoms with Crippen LogP contribution in [0.1, 0.15) is 16.8 Å². The van der Waals surface area contributed by atoms with Crippen molar-refractivity contribution >= 4 is 22.1 Å². The van der Waals surface area contributed by atoms with Crippen molar-refractivity contribution in [3.05, 3.63) is 95.4 Å². The van der Waals surface area contributed by atoms with E-state index in [4.69, 9.17) is 5.73 Å². The Hall–Kier alpha value is -4.18. The van der Waals surface area contributed by atoms with Gasteiger partial charge in [0.25, 0.3) is 10.0 Å². The third-order valence-corrected chi connectivity index (χ3v) is 7.60. The maximum atomic E-state index is 13.4. The van der Waals surface area contributed by atoms with Crippen LogP contribution in [0.5, 0.6) is 0 Å². The smallest absolute Gasteiger partial charge is 0.421 e. The predicted molar refractivity (Wildman–Crippen MR) is 135 cm³/mol. The Morgan fingerprint density at radius 2 is 1.61 bits per heavy atom. The van der Waals surface area contributed by atoms with E-state index in [1.165, 1.54) is 24.3 Å². The van der Waals surface area contributed by atoms with Gasteiger partial charge in [0.1, 0.15) is 5.82 Å². The molecule has 3 N–H and O–H groups in total. The van der Waals surface area contributed by atoms with E-state index >= 15 is 0 Å². The molecule has 0 saturated heterocycles. The monoisotopic (exact) mass is 508 g/mol. The lowest BCUT2D eigenvalue weighted by atomic mass is 10.1. The van der Waals surface area contributed by atoms with Crippen LogP contribution in [-0.2, 0) is 16.4 Å². The van der Waals surface area contributed by atoms with Crippen molar-refractivity contribution < 1.29 is 22.7 Å². The van der Waals surface area contributed by atoms with Gasteiger partial charge in [-0.15, -0.1) is 0 Å². The van der Waals surface area contributed by atoms with Gasteiger partial charge in [-0.3, -0.25) is 4.57 Å². The first-order valence-electron chi connectivity index (χ1n) is 11.1. The number of sulfonamides is 1. The number of hydrogen-bond acceptors (Lipinski definition) is 5. The molecular formula is C26H25FN4O4S. The lowest BCUT2D eigenvalue weighted by Crippen LogP contribution is -2.37. The second kappa shape index (κ2) is 9.82. The van der Waals surface area contributed by atoms with Gasteiger partial charge < -0.3 is 10.8 Å². The Morgan fingerprint density at radius 3 is 2.19 bits per heavy atom. The van der Waals surface area contributed by atoms with E-state index in [-0.39, 0.29) is 29.6 Å². The molecule has 8 nitrogen and oxygen atoms in total. The van der Waals surface area contributed by atoms with Gasteiger partial charge in [-0.1, -0.05) is 29.8 Å². The molecule has 0 aliphatic heterocycles. The number of nitrogen functional groups attached to an aromatic ring is 1. The molecule has 0 bridgehead atoms. The van der Waals surface area contributed by atoms with Gasteiger partial charge in [0.05, 0.1) is 16.3 Å². The fraction of sp³-hybridized carbons (Fsp3) is 0.154. The summed E-state index contributed by atoms with van der Waals surface area (Å²) >= 11 is 0. The van der Waals surface area contributed by atoms with Crippen molar-refractivity contribution in [3.63, 3.8) is 0 Å². The maximum Gasteiger partial charge on any atom is 0.421 e. The Balaban J connectivity index is 1.57. The third-order valence-electron chi connectivity index (χ3n) is 5.82. The standard InChI is InChI=1S/C26H25FN4O4S/c1-17-3-13-23(14-4-17)36(34,35)30(26(32)33)16-15-19-5-11-22(12-6-19)31-24(18(2)29-25(31)28)20-7-9-21(27)10-8-20/h3-14H,15-16H2,1-2H3,(H2,28,29)(H,32,33). The van der Waals surface area contributed by atoms with Crippen molar-refractivity contribution in [2.24, 2.45) is 0 Å². The molecule has 36 heavy (non-hydrogen) atoms. The highest BCUT2D eigenvalue weighted by molar-refractivity contribution is 7.89. The summed E-state index contributed by atoms with van der Waals surface area (Å²) in [7, 11) is -4.20. The molecule has 1 heterocycles. The molecule has 4 aromatic rings. The summed E-state index contributed by atoms with van der Waals surface area (Å²) in [6.07, 6.45) is -1.36. The molecule has 4 rings (SSSR count). The van der Waals surface area contributed by atoms with E-state index in [1.54, 1.807) is 53.1 Å². The number of carboxylic acid groups (broad SMARTS) is 1. The number of rotatable bonds is 7. The number of aromatic nitrogens is 2. The van der Waals surface area contributed by atoms with E-state index < -0.39 is 16.1 Å². The first-order chi connectivity index (χ1) is 17.1. The second-order valence-electron chi connectivity index (χ2n) is 8.34. The Morgan fingerprint density at radius 1 is 1.00 bits per heavy atom. The van der Waals surface area contributed by atoms with Gasteiger partial charge in [-0.2, -0.15) is 0 Å². The largest absolute Gasteiger partial charge is 0.464 e. The molecule has 1 amide bonds. The van der Waals surface area contributed by atoms with Crippen LogP contribution in [0.15, 0.2) is 77.7 Å². The van der Waals surface area contributed by atoms with Crippen molar-refractivity contribution in [1.29, 1.82) is 0 Å². The number of benzene rings is 3. The number of hydrogen-bond donors (Lipinski definition) is 2. The number of aryl methyl sites for hydroxylation is 2. The van der Waals surface area contributed by atoms with Gasteiger partial charge in [0.15, 0.2) is 0 Å². The van der Waals surface area contributed by atoms with E-state index in [0.29, 0.717) is 15.7 Å². The topological polar surface area (TPSA) is 119 Å². The maximum absolute atomic E-state index is 13.4. The average molecular weight is 509 g/mol. The number of imidazole rings is 1. The average Bonchev–Trinajstić information content (AvgIpc) is 3.13. The van der Waals surface area contributed by atoms with Crippen molar-refractivity contribution in [3.8, 4) is 16.9 Å². The quantitative estimate of drug-likeness (QED) is 0.371. The highest BCUT2D eigenvalue weighted by atomic mass is 32.2. The molecule has 186 valence electrons. The van der Waals surface area contributed by atoms with Gasteiger partial charge in [0.2, 0.25) is 5.95 Å². The Kier molecular flexibility index (Phi) is 6.80. The first kappa shape index (κ1) is 24.9. The van der Waals surface area contributed by atoms with Gasteiger partial charge in [0, 0.05) is 17.8 Å². The van der Waals surface area contributed by atoms with Crippen molar-refractivity contribution in [1.82, 2.24) is 13.9 Å². The van der Waals surface area contributed by atoms with Crippen LogP contribution < -0.4 is 5.73 Å². The first-order valence-corrected chi connectivity index (χ1v) is 12.5. The van der Waals surface area contributed by atoms with Crippen LogP contribution in [-0.4, -0.2) is 40.0 Å². The summed E-state index contributed by atoms with van der Waals surface area (Å²) in [4.78, 5) is 16.1. The molecule has 0 spiro atoms. The summed E-state index contributed by atoms with van der Waals surface area (Å²) < 4.78 is 41.4. The van der Waals surface area contributed by atoms with E-state index in [0.717, 1.165) is 22.4 Å². The van der Waals surface area contributed by atoms with Gasteiger partial charge in [-0.25, -0.2) is 26.9 Å². The molecule has 1 aromatic heterocycles. The Bertz CT molecular complexity index is 1500. The van der Waals surface area contributed by atoms with Crippen LogP contribution in [0.4, 0.5) is 15.1 Å². The summed E-state index contributed by atoms with van der Waals surface area (Å²) in [6.45, 7) is 3.39. The minimum Gasteiger partial charge on any atom is -0.464 e. The molecule has 0 radical (unpaired) electrons. The zero-order valence-electron chi connectivity index (χ0n) is 19.7. The fourth-order valence-corrected chi connectivity index (χ4v) is 5.23. The molecule has 0 atom stereocenters. The minimum atomic E-state index is -4.20. The number of carbonyl (C=O) groups is 1. The normalized spacial score (nSPS) is 11.4. The summed E-state index contributed by atoms with van der Waals surface area (Å²) in [5.41, 5.74) is 10.6. The molecular weight excluding hydrogens is 483 g/mol. The molecule has 0 aliphatic carbocycles. The lowest BCUT2D eigenvalue weighted by Gasteiger charge is -2.19. The van der Waals surface area contributed by atoms with Crippen LogP contribution in [0.3, 0.4) is 0 Å². The third kappa shape index (κ3) is 4.94. The number of amides is 1. The van der Waals surface area contributed by atoms with Crippen LogP contribution in [0, 0.1) is 19.7 Å². The molecule has 0 saturated carbocycles. The van der Waals surface area contributed by atoms with E-state index in [1.807, 2.05) is 13.8 Å². The van der Waals surface area contributed by atoms with E-state index in [9.17, 15) is 22.7 Å². The fourth-order valence-electron chi connectivity index (χ4n) is 3.96. The summed E-state index contributed by atoms with van der Waals surface area (Å²) in [5, 5.41) is 9.58. The van der Waals surface area contributed by atoms with Crippen LogP contribution in [0.2, 0.25) is 0 Å². The van der Waals surface area contributed by atoms with Crippen LogP contribution >= 0.6 is 0 Å². The summed E-state index contributed by atoms with van der Waals surface area (Å²) in [6, 6.07) is 19.2. The molecule has 0 aliphatic rings. The zero-order chi connectivity index (χ0) is 26.0. The summed E-state index contributed by atoms with van der Waals surface area (Å²) in [5.74, 6) is -0.0830. The van der Waals surface area contributed by atoms with Gasteiger partial charge >= 0.3 is 6.09 Å². The molecule has 0 unspecified atom stereocenters. The predicted octanol–water partition coefficient (Wildman–Crippen LogP) is 4.79. The van der Waals surface area contributed by atoms with E-state index in [2.05, 4.69) is 4.98 Å². The molecule has 3 aromatic carbocycles. The number of halogens is 1. The number of nitrogens with two attached hydrogens (primary N) is 1. The van der Waals surface area contributed by atoms with Crippen molar-refractivity contribution in [2.45, 2.75) is 25.2 Å². The SMILES string of the molecule is Cc1ccc(S(=O)(=O)N(CCc2ccc(-n3c(N)nc(C)c3-c3ccc(F)cc3)cc2)C(=O)O)cc1. The minimum absolute atomic E-state index is 0.0786. The zero-order valence-corrected chi connectivity index (χ0v) is 20.5.